The van der Waals surface area contributed by atoms with Crippen molar-refractivity contribution in [3.8, 4) is 5.75 Å². The Labute approximate surface area is 296 Å². The lowest BCUT2D eigenvalue weighted by molar-refractivity contribution is -0.137. The van der Waals surface area contributed by atoms with Crippen molar-refractivity contribution in [1.29, 1.82) is 5.41 Å². The fraction of sp³-hybridized carbons (Fsp3) is 0.405. The Balaban J connectivity index is 0.000000201. The number of likely N-dealkylation sites (N-methyl/N-ethyl adjacent to an activating group) is 1. The Hall–Kier alpha value is -4.20. The molecule has 0 bridgehead atoms. The molecule has 1 saturated heterocycles. The number of methoxy groups -OCH3 is 1. The van der Waals surface area contributed by atoms with Crippen LogP contribution in [0.1, 0.15) is 43.7 Å². The van der Waals surface area contributed by atoms with Crippen LogP contribution >= 0.6 is 11.8 Å². The smallest absolute Gasteiger partial charge is 0.416 e. The first-order valence-corrected chi connectivity index (χ1v) is 17.9. The second-order valence-electron chi connectivity index (χ2n) is 12.4. The van der Waals surface area contributed by atoms with Gasteiger partial charge < -0.3 is 29.7 Å². The summed E-state index contributed by atoms with van der Waals surface area (Å²) in [4.78, 5) is 12.0. The van der Waals surface area contributed by atoms with E-state index in [1.165, 1.54) is 25.0 Å². The molecule has 0 radical (unpaired) electrons. The quantitative estimate of drug-likeness (QED) is 0.0548. The molecular weight excluding hydrogens is 662 g/mol. The SMILES string of the molecule is CCCCCNC(=N)N/N=C/c1c[nH]c2ccc(OC)cc12.CN1CCN(CCCN2c3ccccc3Sc3ccc(C(F)(F)F)cc32)CC1. The number of hydrogen-bond donors (Lipinski definition) is 4. The van der Waals surface area contributed by atoms with Gasteiger partial charge in [-0.05, 0) is 75.0 Å². The topological polar surface area (TPSA) is 95.0 Å². The van der Waals surface area contributed by atoms with E-state index in [1.54, 1.807) is 31.2 Å². The molecule has 1 fully saturated rings. The molecule has 3 heterocycles. The third-order valence-electron chi connectivity index (χ3n) is 8.79. The van der Waals surface area contributed by atoms with Crippen LogP contribution in [0, 0.1) is 5.41 Å². The number of halogens is 3. The minimum absolute atomic E-state index is 0.213. The highest BCUT2D eigenvalue weighted by atomic mass is 32.2. The van der Waals surface area contributed by atoms with Gasteiger partial charge in [0.25, 0.3) is 0 Å². The van der Waals surface area contributed by atoms with Gasteiger partial charge in [-0.1, -0.05) is 43.7 Å². The number of aromatic nitrogens is 1. The van der Waals surface area contributed by atoms with E-state index < -0.39 is 11.7 Å². The van der Waals surface area contributed by atoms with Gasteiger partial charge in [-0.15, -0.1) is 0 Å². The summed E-state index contributed by atoms with van der Waals surface area (Å²) < 4.78 is 45.0. The molecule has 0 amide bonds. The van der Waals surface area contributed by atoms with Crippen molar-refractivity contribution in [3.63, 3.8) is 0 Å². The number of anilines is 2. The van der Waals surface area contributed by atoms with Crippen LogP contribution in [0.4, 0.5) is 24.5 Å². The van der Waals surface area contributed by atoms with Crippen molar-refractivity contribution in [2.24, 2.45) is 5.10 Å². The van der Waals surface area contributed by atoms with Crippen LogP contribution < -0.4 is 20.4 Å². The van der Waals surface area contributed by atoms with Gasteiger partial charge in [0.1, 0.15) is 5.75 Å². The first-order chi connectivity index (χ1) is 24.2. The fourth-order valence-corrected chi connectivity index (χ4v) is 7.00. The Kier molecular flexibility index (Phi) is 13.1. The van der Waals surface area contributed by atoms with Crippen LogP contribution in [-0.2, 0) is 6.18 Å². The lowest BCUT2D eigenvalue weighted by Crippen LogP contribution is -2.45. The minimum atomic E-state index is -4.33. The van der Waals surface area contributed by atoms with Gasteiger partial charge in [-0.2, -0.15) is 18.3 Å². The summed E-state index contributed by atoms with van der Waals surface area (Å²) in [7, 11) is 3.78. The molecule has 13 heteroatoms. The normalized spacial score (nSPS) is 15.0. The molecule has 6 rings (SSSR count). The van der Waals surface area contributed by atoms with Crippen LogP contribution in [0.5, 0.6) is 5.75 Å². The minimum Gasteiger partial charge on any atom is -0.497 e. The molecule has 3 aromatic carbocycles. The van der Waals surface area contributed by atoms with E-state index in [0.29, 0.717) is 12.2 Å². The zero-order valence-electron chi connectivity index (χ0n) is 28.9. The standard InChI is InChI=1S/C21H24F3N3S.C16H23N5O/c1-25-11-13-26(14-12-25)9-4-10-27-17-5-2-3-6-19(17)28-20-8-7-16(15-18(20)27)21(22,23)24;1-3-4-5-8-18-16(17)21-20-11-12-10-19-15-7-6-13(22-2)9-14(12)15/h2-3,5-8,15H,4,9-14H2,1H3;6-7,9-11,19H,3-5,8H2,1-2H3,(H3,17,18,21)/b;20-11+. The molecule has 1 aromatic heterocycles. The summed E-state index contributed by atoms with van der Waals surface area (Å²) in [5.74, 6) is 1.02. The van der Waals surface area contributed by atoms with Gasteiger partial charge in [0, 0.05) is 71.7 Å². The maximum absolute atomic E-state index is 13.3. The number of ether oxygens (including phenoxy) is 1. The number of nitrogens with zero attached hydrogens (tertiary/aromatic N) is 4. The summed E-state index contributed by atoms with van der Waals surface area (Å²) in [6.45, 7) is 8.87. The number of fused-ring (bicyclic) bond motifs is 3. The number of H-pyrrole nitrogens is 1. The number of benzene rings is 3. The van der Waals surface area contributed by atoms with Gasteiger partial charge in [0.15, 0.2) is 0 Å². The number of nitrogens with one attached hydrogen (secondary N) is 4. The largest absolute Gasteiger partial charge is 0.497 e. The van der Waals surface area contributed by atoms with Gasteiger partial charge in [0.05, 0.1) is 30.3 Å². The summed E-state index contributed by atoms with van der Waals surface area (Å²) in [5, 5.41) is 15.8. The average Bonchev–Trinajstić information content (AvgIpc) is 3.52. The zero-order valence-corrected chi connectivity index (χ0v) is 29.8. The first kappa shape index (κ1) is 37.1. The van der Waals surface area contributed by atoms with E-state index in [4.69, 9.17) is 10.1 Å². The van der Waals surface area contributed by atoms with Crippen molar-refractivity contribution >= 4 is 46.2 Å². The zero-order chi connectivity index (χ0) is 35.5. The highest BCUT2D eigenvalue weighted by Crippen LogP contribution is 2.49. The van der Waals surface area contributed by atoms with E-state index in [2.05, 4.69) is 49.5 Å². The van der Waals surface area contributed by atoms with E-state index in [9.17, 15) is 13.2 Å². The summed E-state index contributed by atoms with van der Waals surface area (Å²) >= 11 is 1.54. The molecule has 2 aliphatic rings. The molecule has 0 unspecified atom stereocenters. The molecule has 0 saturated carbocycles. The van der Waals surface area contributed by atoms with Crippen molar-refractivity contribution in [1.82, 2.24) is 25.5 Å². The molecule has 9 nitrogen and oxygen atoms in total. The number of unbranched alkanes of at least 4 members (excludes halogenated alkanes) is 2. The Morgan fingerprint density at radius 3 is 2.52 bits per heavy atom. The number of para-hydroxylation sites is 1. The lowest BCUT2D eigenvalue weighted by Gasteiger charge is -2.35. The number of hydrogen-bond acceptors (Lipinski definition) is 7. The van der Waals surface area contributed by atoms with Crippen molar-refractivity contribution in [3.05, 3.63) is 78.0 Å². The molecule has 0 atom stereocenters. The predicted octanol–water partition coefficient (Wildman–Crippen LogP) is 7.76. The van der Waals surface area contributed by atoms with E-state index in [1.807, 2.05) is 48.7 Å². The monoisotopic (exact) mass is 708 g/mol. The number of rotatable bonds is 11. The molecule has 50 heavy (non-hydrogen) atoms. The highest BCUT2D eigenvalue weighted by molar-refractivity contribution is 7.99. The number of alkyl halides is 3. The van der Waals surface area contributed by atoms with Gasteiger partial charge in [-0.3, -0.25) is 5.41 Å². The van der Waals surface area contributed by atoms with Gasteiger partial charge in [0.2, 0.25) is 5.96 Å². The van der Waals surface area contributed by atoms with E-state index >= 15 is 0 Å². The lowest BCUT2D eigenvalue weighted by atomic mass is 10.1. The van der Waals surface area contributed by atoms with Crippen LogP contribution in [0.2, 0.25) is 0 Å². The molecule has 4 N–H and O–H groups in total. The van der Waals surface area contributed by atoms with Gasteiger partial charge in [-0.25, -0.2) is 5.43 Å². The number of guanidine groups is 1. The van der Waals surface area contributed by atoms with Gasteiger partial charge >= 0.3 is 6.18 Å². The molecule has 0 spiro atoms. The molecule has 268 valence electrons. The summed E-state index contributed by atoms with van der Waals surface area (Å²) in [6.07, 6.45) is 3.56. The van der Waals surface area contributed by atoms with Crippen LogP contribution in [-0.4, -0.2) is 86.9 Å². The predicted molar refractivity (Wildman–Crippen MR) is 198 cm³/mol. The number of hydrazone groups is 1. The summed E-state index contributed by atoms with van der Waals surface area (Å²) in [6, 6.07) is 17.9. The van der Waals surface area contributed by atoms with Crippen LogP contribution in [0.25, 0.3) is 10.9 Å². The Morgan fingerprint density at radius 1 is 0.980 bits per heavy atom. The number of aromatic amines is 1. The molecular formula is C37H47F3N8OS. The van der Waals surface area contributed by atoms with E-state index in [-0.39, 0.29) is 5.96 Å². The Morgan fingerprint density at radius 2 is 1.76 bits per heavy atom. The fourth-order valence-electron chi connectivity index (χ4n) is 5.92. The molecule has 2 aliphatic heterocycles. The van der Waals surface area contributed by atoms with Crippen molar-refractivity contribution in [2.75, 3.05) is 64.9 Å². The van der Waals surface area contributed by atoms with Crippen LogP contribution in [0.15, 0.2) is 81.8 Å². The average molecular weight is 709 g/mol. The maximum atomic E-state index is 13.3. The second kappa shape index (κ2) is 17.6. The Bertz CT molecular complexity index is 1740. The third kappa shape index (κ3) is 9.95. The highest BCUT2D eigenvalue weighted by Gasteiger charge is 2.33. The first-order valence-electron chi connectivity index (χ1n) is 17.1. The third-order valence-corrected chi connectivity index (χ3v) is 9.92. The molecule has 0 aliphatic carbocycles. The van der Waals surface area contributed by atoms with Crippen molar-refractivity contribution in [2.45, 2.75) is 48.6 Å². The second-order valence-corrected chi connectivity index (χ2v) is 13.5. The number of piperazine rings is 1. The molecule has 4 aromatic rings. The van der Waals surface area contributed by atoms with E-state index in [0.717, 1.165) is 89.8 Å². The maximum Gasteiger partial charge on any atom is 0.416 e. The van der Waals surface area contributed by atoms with Crippen LogP contribution in [0.3, 0.4) is 0 Å². The van der Waals surface area contributed by atoms with Crippen molar-refractivity contribution < 1.29 is 17.9 Å². The summed E-state index contributed by atoms with van der Waals surface area (Å²) in [5.41, 5.74) is 5.73.